The van der Waals surface area contributed by atoms with Crippen molar-refractivity contribution < 1.29 is 1.43 Å². The van der Waals surface area contributed by atoms with Crippen LogP contribution in [0.5, 0.6) is 0 Å². The van der Waals surface area contributed by atoms with Crippen molar-refractivity contribution in [2.75, 3.05) is 6.54 Å². The SMILES string of the molecule is CCCc1cc(-c2ccnc3[nH]ncc23)cc(C2(CCN)CCC2)c1.[HH]. The third kappa shape index (κ3) is 2.85. The van der Waals surface area contributed by atoms with Gasteiger partial charge in [-0.3, -0.25) is 5.10 Å². The molecule has 4 rings (SSSR count). The highest BCUT2D eigenvalue weighted by atomic mass is 15.1. The van der Waals surface area contributed by atoms with Crippen molar-refractivity contribution in [3.8, 4) is 11.1 Å². The number of nitrogens with zero attached hydrogens (tertiary/aromatic N) is 2. The van der Waals surface area contributed by atoms with E-state index in [0.29, 0.717) is 0 Å². The van der Waals surface area contributed by atoms with E-state index in [9.17, 15) is 0 Å². The number of aromatic amines is 1. The van der Waals surface area contributed by atoms with E-state index in [2.05, 4.69) is 46.4 Å². The van der Waals surface area contributed by atoms with E-state index in [1.165, 1.54) is 41.5 Å². The fourth-order valence-electron chi connectivity index (χ4n) is 4.25. The average Bonchev–Trinajstić information content (AvgIpc) is 3.06. The van der Waals surface area contributed by atoms with E-state index >= 15 is 0 Å². The minimum absolute atomic E-state index is 0. The van der Waals surface area contributed by atoms with Gasteiger partial charge in [0.1, 0.15) is 0 Å². The summed E-state index contributed by atoms with van der Waals surface area (Å²) in [7, 11) is 0. The molecule has 1 saturated carbocycles. The minimum Gasteiger partial charge on any atom is -0.330 e. The van der Waals surface area contributed by atoms with Gasteiger partial charge in [0, 0.05) is 13.0 Å². The summed E-state index contributed by atoms with van der Waals surface area (Å²) in [6, 6.07) is 9.25. The summed E-state index contributed by atoms with van der Waals surface area (Å²) >= 11 is 0. The van der Waals surface area contributed by atoms with Gasteiger partial charge in [0.05, 0.1) is 6.20 Å². The van der Waals surface area contributed by atoms with Crippen LogP contribution in [0.2, 0.25) is 0 Å². The van der Waals surface area contributed by atoms with Crippen LogP contribution in [0.15, 0.2) is 36.7 Å². The van der Waals surface area contributed by atoms with Gasteiger partial charge < -0.3 is 5.73 Å². The number of hydrogen-bond acceptors (Lipinski definition) is 3. The van der Waals surface area contributed by atoms with Gasteiger partial charge in [0.25, 0.3) is 0 Å². The molecule has 0 saturated heterocycles. The molecule has 1 fully saturated rings. The molecule has 0 bridgehead atoms. The Balaban J connectivity index is 0.00000196. The van der Waals surface area contributed by atoms with E-state index in [4.69, 9.17) is 5.73 Å². The third-order valence-corrected chi connectivity index (χ3v) is 5.74. The zero-order valence-corrected chi connectivity index (χ0v) is 14.9. The second kappa shape index (κ2) is 6.60. The number of H-pyrrole nitrogens is 1. The molecule has 2 heterocycles. The minimum atomic E-state index is 0. The molecule has 0 amide bonds. The Morgan fingerprint density at radius 1 is 1.28 bits per heavy atom. The number of pyridine rings is 1. The van der Waals surface area contributed by atoms with Gasteiger partial charge >= 0.3 is 0 Å². The second-order valence-corrected chi connectivity index (χ2v) is 7.33. The zero-order chi connectivity index (χ0) is 17.3. The van der Waals surface area contributed by atoms with Crippen LogP contribution >= 0.6 is 0 Å². The van der Waals surface area contributed by atoms with Crippen molar-refractivity contribution >= 4 is 11.0 Å². The first-order valence-electron chi connectivity index (χ1n) is 9.39. The Morgan fingerprint density at radius 2 is 2.16 bits per heavy atom. The summed E-state index contributed by atoms with van der Waals surface area (Å²) in [5.41, 5.74) is 12.5. The highest BCUT2D eigenvalue weighted by Gasteiger charge is 2.38. The Morgan fingerprint density at radius 3 is 2.88 bits per heavy atom. The van der Waals surface area contributed by atoms with Crippen molar-refractivity contribution in [1.82, 2.24) is 15.2 Å². The van der Waals surface area contributed by atoms with E-state index in [1.807, 2.05) is 12.4 Å². The smallest absolute Gasteiger partial charge is 0.155 e. The number of nitrogens with two attached hydrogens (primary N) is 1. The van der Waals surface area contributed by atoms with Crippen LogP contribution in [-0.2, 0) is 11.8 Å². The van der Waals surface area contributed by atoms with Gasteiger partial charge in [-0.2, -0.15) is 5.10 Å². The zero-order valence-electron chi connectivity index (χ0n) is 14.9. The van der Waals surface area contributed by atoms with Crippen LogP contribution < -0.4 is 5.73 Å². The molecule has 0 aliphatic heterocycles. The lowest BCUT2D eigenvalue weighted by atomic mass is 9.62. The maximum Gasteiger partial charge on any atom is 0.155 e. The summed E-state index contributed by atoms with van der Waals surface area (Å²) in [4.78, 5) is 4.38. The monoisotopic (exact) mass is 336 g/mol. The highest BCUT2D eigenvalue weighted by Crippen LogP contribution is 2.47. The topological polar surface area (TPSA) is 67.6 Å². The predicted molar refractivity (Wildman–Crippen MR) is 105 cm³/mol. The quantitative estimate of drug-likeness (QED) is 0.691. The Hall–Kier alpha value is -2.20. The first-order valence-corrected chi connectivity index (χ1v) is 9.39. The van der Waals surface area contributed by atoms with Gasteiger partial charge in [0.15, 0.2) is 5.65 Å². The number of aryl methyl sites for hydroxylation is 1. The van der Waals surface area contributed by atoms with E-state index in [-0.39, 0.29) is 6.84 Å². The molecule has 1 aliphatic rings. The molecule has 0 radical (unpaired) electrons. The van der Waals surface area contributed by atoms with Crippen molar-refractivity contribution in [3.63, 3.8) is 0 Å². The number of fused-ring (bicyclic) bond motifs is 1. The lowest BCUT2D eigenvalue weighted by Gasteiger charge is -2.43. The van der Waals surface area contributed by atoms with Crippen molar-refractivity contribution in [2.24, 2.45) is 5.73 Å². The van der Waals surface area contributed by atoms with Gasteiger partial charge in [-0.05, 0) is 66.0 Å². The molecule has 1 aliphatic carbocycles. The van der Waals surface area contributed by atoms with E-state index in [0.717, 1.165) is 36.8 Å². The predicted octanol–water partition coefficient (Wildman–Crippen LogP) is 4.59. The van der Waals surface area contributed by atoms with Crippen LogP contribution in [0.1, 0.15) is 51.6 Å². The molecule has 0 atom stereocenters. The summed E-state index contributed by atoms with van der Waals surface area (Å²) in [6.07, 6.45) is 10.9. The van der Waals surface area contributed by atoms with Crippen LogP contribution in [0, 0.1) is 0 Å². The van der Waals surface area contributed by atoms with Gasteiger partial charge in [0.2, 0.25) is 0 Å². The third-order valence-electron chi connectivity index (χ3n) is 5.74. The number of aromatic nitrogens is 3. The molecule has 1 aromatic carbocycles. The van der Waals surface area contributed by atoms with Crippen LogP contribution in [-0.4, -0.2) is 21.7 Å². The maximum absolute atomic E-state index is 5.95. The first kappa shape index (κ1) is 16.3. The summed E-state index contributed by atoms with van der Waals surface area (Å²) in [5.74, 6) is 0. The molecule has 2 aromatic heterocycles. The van der Waals surface area contributed by atoms with Gasteiger partial charge in [-0.25, -0.2) is 4.98 Å². The number of nitrogens with one attached hydrogen (secondary N) is 1. The standard InChI is InChI=1S/C21H26N4.H2/c1-2-4-15-11-16(18-5-10-23-20-19(18)14-24-25-20)13-17(12-15)21(8-9-22)6-3-7-21;/h5,10-14H,2-4,6-9,22H2,1H3,(H,23,24,25);1H. The van der Waals surface area contributed by atoms with Crippen LogP contribution in [0.25, 0.3) is 22.2 Å². The molecule has 3 aromatic rings. The van der Waals surface area contributed by atoms with Gasteiger partial charge in [-0.15, -0.1) is 0 Å². The molecule has 0 spiro atoms. The Labute approximate surface area is 150 Å². The first-order chi connectivity index (χ1) is 12.3. The fraction of sp³-hybridized carbons (Fsp3) is 0.429. The molecule has 4 heteroatoms. The van der Waals surface area contributed by atoms with Crippen molar-refractivity contribution in [2.45, 2.75) is 50.9 Å². The largest absolute Gasteiger partial charge is 0.330 e. The van der Waals surface area contributed by atoms with E-state index < -0.39 is 0 Å². The van der Waals surface area contributed by atoms with E-state index in [1.54, 1.807) is 0 Å². The maximum atomic E-state index is 5.95. The lowest BCUT2D eigenvalue weighted by molar-refractivity contribution is 0.229. The molecule has 3 N–H and O–H groups in total. The van der Waals surface area contributed by atoms with Crippen molar-refractivity contribution in [1.29, 1.82) is 0 Å². The molecular weight excluding hydrogens is 308 g/mol. The molecular formula is C21H28N4. The molecule has 132 valence electrons. The number of benzene rings is 1. The normalized spacial score (nSPS) is 16.1. The van der Waals surface area contributed by atoms with Crippen LogP contribution in [0.3, 0.4) is 0 Å². The second-order valence-electron chi connectivity index (χ2n) is 7.33. The summed E-state index contributed by atoms with van der Waals surface area (Å²) in [5, 5.41) is 8.24. The average molecular weight is 336 g/mol. The number of rotatable bonds is 6. The molecule has 0 unspecified atom stereocenters. The number of hydrogen-bond donors (Lipinski definition) is 2. The van der Waals surface area contributed by atoms with Crippen molar-refractivity contribution in [3.05, 3.63) is 47.8 Å². The lowest BCUT2D eigenvalue weighted by Crippen LogP contribution is -2.36. The Kier molecular flexibility index (Phi) is 4.30. The summed E-state index contributed by atoms with van der Waals surface area (Å²) < 4.78 is 0. The Bertz CT molecular complexity index is 883. The molecule has 4 nitrogen and oxygen atoms in total. The fourth-order valence-corrected chi connectivity index (χ4v) is 4.25. The summed E-state index contributed by atoms with van der Waals surface area (Å²) in [6.45, 7) is 3.00. The molecule has 25 heavy (non-hydrogen) atoms. The van der Waals surface area contributed by atoms with Gasteiger partial charge in [-0.1, -0.05) is 38.0 Å². The highest BCUT2D eigenvalue weighted by molar-refractivity contribution is 5.92. The van der Waals surface area contributed by atoms with Crippen LogP contribution in [0.4, 0.5) is 0 Å².